The maximum Gasteiger partial charge on any atom is 0.407 e. The van der Waals surface area contributed by atoms with Crippen LogP contribution in [0.25, 0.3) is 6.20 Å². The standard InChI is InChI=1S/C15H24N4O4/c1-10(2)9-23-13-11(12(16)20)8-17-19(13)7-6-15(3,4)18-14(21)22-5/h6-8,10H,9H2,1-5H3,(H2,16,20)(H,18,21)/b7-6+. The van der Waals surface area contributed by atoms with Crippen molar-refractivity contribution in [2.45, 2.75) is 33.2 Å². The lowest BCUT2D eigenvalue weighted by molar-refractivity contribution is 0.0995. The first-order valence-corrected chi connectivity index (χ1v) is 7.22. The van der Waals surface area contributed by atoms with Crippen LogP contribution >= 0.6 is 0 Å². The third-order valence-corrected chi connectivity index (χ3v) is 2.81. The number of methoxy groups -OCH3 is 1. The second kappa shape index (κ2) is 7.66. The van der Waals surface area contributed by atoms with Crippen LogP contribution in [-0.4, -0.2) is 41.0 Å². The Labute approximate surface area is 135 Å². The van der Waals surface area contributed by atoms with Crippen LogP contribution in [0.4, 0.5) is 4.79 Å². The summed E-state index contributed by atoms with van der Waals surface area (Å²) in [7, 11) is 1.29. The van der Waals surface area contributed by atoms with E-state index in [0.29, 0.717) is 6.61 Å². The number of rotatable bonds is 7. The second-order valence-corrected chi connectivity index (χ2v) is 6.03. The number of primary amides is 1. The molecule has 0 radical (unpaired) electrons. The number of nitrogens with one attached hydrogen (secondary N) is 1. The van der Waals surface area contributed by atoms with Crippen molar-refractivity contribution < 1.29 is 19.1 Å². The molecule has 0 saturated carbocycles. The maximum absolute atomic E-state index is 11.5. The molecule has 1 aromatic rings. The van der Waals surface area contributed by atoms with E-state index in [1.807, 2.05) is 13.8 Å². The summed E-state index contributed by atoms with van der Waals surface area (Å²) in [5.74, 6) is -0.0628. The zero-order valence-corrected chi connectivity index (χ0v) is 14.1. The number of nitrogens with two attached hydrogens (primary N) is 1. The first kappa shape index (κ1) is 18.5. The number of hydrogen-bond acceptors (Lipinski definition) is 5. The first-order chi connectivity index (χ1) is 10.7. The minimum Gasteiger partial charge on any atom is -0.477 e. The number of amides is 2. The van der Waals surface area contributed by atoms with Crippen molar-refractivity contribution in [3.05, 3.63) is 17.8 Å². The number of hydrogen-bond donors (Lipinski definition) is 2. The molecule has 0 saturated heterocycles. The van der Waals surface area contributed by atoms with Gasteiger partial charge in [-0.25, -0.2) is 9.48 Å². The Balaban J connectivity index is 3.00. The van der Waals surface area contributed by atoms with Crippen LogP contribution in [0.1, 0.15) is 38.1 Å². The van der Waals surface area contributed by atoms with E-state index in [-0.39, 0.29) is 17.4 Å². The lowest BCUT2D eigenvalue weighted by Crippen LogP contribution is -2.41. The van der Waals surface area contributed by atoms with E-state index in [2.05, 4.69) is 15.2 Å². The van der Waals surface area contributed by atoms with Gasteiger partial charge in [0, 0.05) is 6.20 Å². The van der Waals surface area contributed by atoms with E-state index in [9.17, 15) is 9.59 Å². The molecule has 1 rings (SSSR count). The quantitative estimate of drug-likeness (QED) is 0.792. The molecule has 0 unspecified atom stereocenters. The molecule has 1 aromatic heterocycles. The summed E-state index contributed by atoms with van der Waals surface area (Å²) in [5.41, 5.74) is 4.85. The van der Waals surface area contributed by atoms with Gasteiger partial charge in [-0.2, -0.15) is 5.10 Å². The van der Waals surface area contributed by atoms with Gasteiger partial charge in [-0.3, -0.25) is 4.79 Å². The molecule has 0 aliphatic rings. The van der Waals surface area contributed by atoms with Gasteiger partial charge in [-0.15, -0.1) is 0 Å². The lowest BCUT2D eigenvalue weighted by Gasteiger charge is -2.21. The van der Waals surface area contributed by atoms with Gasteiger partial charge in [-0.1, -0.05) is 13.8 Å². The summed E-state index contributed by atoms with van der Waals surface area (Å²) < 4.78 is 11.6. The summed E-state index contributed by atoms with van der Waals surface area (Å²) in [5, 5.41) is 6.73. The minimum atomic E-state index is -0.679. The van der Waals surface area contributed by atoms with Gasteiger partial charge >= 0.3 is 6.09 Å². The highest BCUT2D eigenvalue weighted by atomic mass is 16.5. The van der Waals surface area contributed by atoms with E-state index >= 15 is 0 Å². The fraction of sp³-hybridized carbons (Fsp3) is 0.533. The third-order valence-electron chi connectivity index (χ3n) is 2.81. The molecular formula is C15H24N4O4. The van der Waals surface area contributed by atoms with Crippen molar-refractivity contribution in [3.63, 3.8) is 0 Å². The highest BCUT2D eigenvalue weighted by Gasteiger charge is 2.19. The van der Waals surface area contributed by atoms with Crippen LogP contribution in [0.2, 0.25) is 0 Å². The molecule has 2 amide bonds. The van der Waals surface area contributed by atoms with E-state index in [0.717, 1.165) is 0 Å². The predicted molar refractivity (Wildman–Crippen MR) is 86.0 cm³/mol. The average molecular weight is 324 g/mol. The van der Waals surface area contributed by atoms with Crippen LogP contribution < -0.4 is 15.8 Å². The van der Waals surface area contributed by atoms with Gasteiger partial charge in [0.05, 0.1) is 25.5 Å². The molecule has 0 aliphatic carbocycles. The molecule has 0 fully saturated rings. The van der Waals surface area contributed by atoms with Gasteiger partial charge in [0.1, 0.15) is 5.56 Å². The van der Waals surface area contributed by atoms with Crippen molar-refractivity contribution in [2.24, 2.45) is 11.7 Å². The number of aromatic nitrogens is 2. The lowest BCUT2D eigenvalue weighted by atomic mass is 10.1. The Morgan fingerprint density at radius 2 is 2.13 bits per heavy atom. The van der Waals surface area contributed by atoms with Gasteiger partial charge < -0.3 is 20.5 Å². The molecule has 0 spiro atoms. The smallest absolute Gasteiger partial charge is 0.407 e. The third kappa shape index (κ3) is 5.65. The Kier molecular flexibility index (Phi) is 6.18. The Morgan fingerprint density at radius 1 is 1.48 bits per heavy atom. The van der Waals surface area contributed by atoms with Crippen LogP contribution in [0.3, 0.4) is 0 Å². The zero-order chi connectivity index (χ0) is 17.6. The molecule has 0 bridgehead atoms. The van der Waals surface area contributed by atoms with E-state index in [1.54, 1.807) is 26.1 Å². The summed E-state index contributed by atoms with van der Waals surface area (Å²) in [6.45, 7) is 7.97. The fourth-order valence-corrected chi connectivity index (χ4v) is 1.63. The number of alkyl carbamates (subject to hydrolysis) is 1. The van der Waals surface area contributed by atoms with Gasteiger partial charge in [0.25, 0.3) is 5.91 Å². The molecule has 8 nitrogen and oxygen atoms in total. The number of carbonyl (C=O) groups excluding carboxylic acids is 2. The van der Waals surface area contributed by atoms with E-state index in [1.165, 1.54) is 18.0 Å². The number of nitrogens with zero attached hydrogens (tertiary/aromatic N) is 2. The summed E-state index contributed by atoms with van der Waals surface area (Å²) >= 11 is 0. The van der Waals surface area contributed by atoms with Crippen molar-refractivity contribution in [3.8, 4) is 5.88 Å². The predicted octanol–water partition coefficient (Wildman–Crippen LogP) is 1.62. The molecular weight excluding hydrogens is 300 g/mol. The zero-order valence-electron chi connectivity index (χ0n) is 14.1. The number of carbonyl (C=O) groups is 2. The van der Waals surface area contributed by atoms with E-state index < -0.39 is 17.5 Å². The normalized spacial score (nSPS) is 11.7. The monoisotopic (exact) mass is 324 g/mol. The maximum atomic E-state index is 11.5. The topological polar surface area (TPSA) is 108 Å². The molecule has 0 aliphatic heterocycles. The first-order valence-electron chi connectivity index (χ1n) is 7.22. The SMILES string of the molecule is COC(=O)NC(C)(C)/C=C/n1ncc(C(N)=O)c1OCC(C)C. The summed E-state index contributed by atoms with van der Waals surface area (Å²) in [6, 6.07) is 0. The average Bonchev–Trinajstić information content (AvgIpc) is 2.85. The fourth-order valence-electron chi connectivity index (χ4n) is 1.63. The minimum absolute atomic E-state index is 0.203. The van der Waals surface area contributed by atoms with Gasteiger partial charge in [0.2, 0.25) is 5.88 Å². The van der Waals surface area contributed by atoms with Crippen LogP contribution in [0, 0.1) is 5.92 Å². The Bertz CT molecular complexity index is 590. The Hall–Kier alpha value is -2.51. The summed E-state index contributed by atoms with van der Waals surface area (Å²) in [4.78, 5) is 22.8. The highest BCUT2D eigenvalue weighted by molar-refractivity contribution is 5.95. The molecule has 8 heteroatoms. The van der Waals surface area contributed by atoms with Gasteiger partial charge in [-0.05, 0) is 25.8 Å². The molecule has 0 atom stereocenters. The molecule has 3 N–H and O–H groups in total. The molecule has 0 aromatic carbocycles. The van der Waals surface area contributed by atoms with Crippen molar-refractivity contribution in [1.82, 2.24) is 15.1 Å². The van der Waals surface area contributed by atoms with Crippen LogP contribution in [0.15, 0.2) is 12.3 Å². The van der Waals surface area contributed by atoms with Crippen molar-refractivity contribution in [2.75, 3.05) is 13.7 Å². The Morgan fingerprint density at radius 3 is 2.65 bits per heavy atom. The van der Waals surface area contributed by atoms with E-state index in [4.69, 9.17) is 10.5 Å². The second-order valence-electron chi connectivity index (χ2n) is 6.03. The van der Waals surface area contributed by atoms with Gasteiger partial charge in [0.15, 0.2) is 0 Å². The molecule has 128 valence electrons. The summed E-state index contributed by atoms with van der Waals surface area (Å²) in [6.07, 6.45) is 4.10. The highest BCUT2D eigenvalue weighted by Crippen LogP contribution is 2.20. The van der Waals surface area contributed by atoms with Crippen LogP contribution in [-0.2, 0) is 4.74 Å². The number of ether oxygens (including phenoxy) is 2. The van der Waals surface area contributed by atoms with Crippen LogP contribution in [0.5, 0.6) is 5.88 Å². The van der Waals surface area contributed by atoms with Crippen molar-refractivity contribution >= 4 is 18.2 Å². The van der Waals surface area contributed by atoms with Crippen molar-refractivity contribution in [1.29, 1.82) is 0 Å². The largest absolute Gasteiger partial charge is 0.477 e. The molecule has 1 heterocycles. The molecule has 23 heavy (non-hydrogen) atoms.